The van der Waals surface area contributed by atoms with E-state index < -0.39 is 5.91 Å². The van der Waals surface area contributed by atoms with Crippen molar-refractivity contribution in [1.29, 1.82) is 0 Å². The second-order valence-electron chi connectivity index (χ2n) is 5.56. The van der Waals surface area contributed by atoms with Gasteiger partial charge < -0.3 is 11.5 Å². The van der Waals surface area contributed by atoms with Gasteiger partial charge in [-0.25, -0.2) is 4.39 Å². The van der Waals surface area contributed by atoms with Gasteiger partial charge >= 0.3 is 0 Å². The molecular formula is C15H22FN3O. The maximum atomic E-state index is 13.9. The van der Waals surface area contributed by atoms with Gasteiger partial charge in [-0.15, -0.1) is 0 Å². The summed E-state index contributed by atoms with van der Waals surface area (Å²) < 4.78 is 13.9. The van der Waals surface area contributed by atoms with Gasteiger partial charge in [0.2, 0.25) is 5.91 Å². The van der Waals surface area contributed by atoms with Crippen LogP contribution in [0.3, 0.4) is 0 Å². The topological polar surface area (TPSA) is 72.3 Å². The Bertz CT molecular complexity index is 492. The van der Waals surface area contributed by atoms with Crippen molar-refractivity contribution in [2.45, 2.75) is 32.4 Å². The van der Waals surface area contributed by atoms with Gasteiger partial charge in [0.05, 0.1) is 0 Å². The highest BCUT2D eigenvalue weighted by molar-refractivity contribution is 5.92. The van der Waals surface area contributed by atoms with Crippen molar-refractivity contribution in [3.05, 3.63) is 35.1 Å². The molecule has 0 aliphatic carbocycles. The van der Waals surface area contributed by atoms with E-state index in [4.69, 9.17) is 11.5 Å². The van der Waals surface area contributed by atoms with Crippen molar-refractivity contribution in [2.75, 3.05) is 13.1 Å². The lowest BCUT2D eigenvalue weighted by atomic mass is 9.90. The molecule has 1 fully saturated rings. The van der Waals surface area contributed by atoms with Gasteiger partial charge in [0, 0.05) is 30.3 Å². The van der Waals surface area contributed by atoms with Gasteiger partial charge in [0.25, 0.3) is 0 Å². The normalized spacial score (nSPS) is 23.8. The van der Waals surface area contributed by atoms with E-state index in [9.17, 15) is 9.18 Å². The third-order valence-electron chi connectivity index (χ3n) is 4.18. The first-order valence-electron chi connectivity index (χ1n) is 7.05. The van der Waals surface area contributed by atoms with E-state index in [2.05, 4.69) is 11.8 Å². The molecule has 4 nitrogen and oxygen atoms in total. The summed E-state index contributed by atoms with van der Waals surface area (Å²) >= 11 is 0. The molecule has 20 heavy (non-hydrogen) atoms. The Morgan fingerprint density at radius 1 is 1.50 bits per heavy atom. The highest BCUT2D eigenvalue weighted by Gasteiger charge is 2.27. The molecule has 0 bridgehead atoms. The molecule has 0 spiro atoms. The zero-order valence-electron chi connectivity index (χ0n) is 11.8. The molecule has 5 heteroatoms. The van der Waals surface area contributed by atoms with Crippen LogP contribution < -0.4 is 11.5 Å². The summed E-state index contributed by atoms with van der Waals surface area (Å²) in [7, 11) is 0. The molecule has 4 N–H and O–H groups in total. The number of benzene rings is 1. The number of likely N-dealkylation sites (tertiary alicyclic amines) is 1. The summed E-state index contributed by atoms with van der Waals surface area (Å²) in [6.45, 7) is 4.13. The third kappa shape index (κ3) is 3.16. The van der Waals surface area contributed by atoms with E-state index in [0.29, 0.717) is 30.1 Å². The molecule has 1 heterocycles. The van der Waals surface area contributed by atoms with Crippen molar-refractivity contribution in [2.24, 2.45) is 17.4 Å². The maximum absolute atomic E-state index is 13.9. The summed E-state index contributed by atoms with van der Waals surface area (Å²) in [6, 6.07) is 4.53. The van der Waals surface area contributed by atoms with E-state index >= 15 is 0 Å². The first-order valence-corrected chi connectivity index (χ1v) is 7.05. The molecule has 2 rings (SSSR count). The second kappa shape index (κ2) is 6.33. The number of rotatable bonds is 4. The number of hydrogen-bond donors (Lipinski definition) is 2. The van der Waals surface area contributed by atoms with Crippen LogP contribution in [0.2, 0.25) is 0 Å². The fourth-order valence-corrected chi connectivity index (χ4v) is 2.98. The largest absolute Gasteiger partial charge is 0.366 e. The van der Waals surface area contributed by atoms with E-state index in [0.717, 1.165) is 19.4 Å². The van der Waals surface area contributed by atoms with E-state index in [1.54, 1.807) is 6.07 Å². The summed E-state index contributed by atoms with van der Waals surface area (Å²) in [4.78, 5) is 13.4. The van der Waals surface area contributed by atoms with Crippen LogP contribution in [-0.4, -0.2) is 29.9 Å². The van der Waals surface area contributed by atoms with Crippen LogP contribution in [0.4, 0.5) is 4.39 Å². The lowest BCUT2D eigenvalue weighted by molar-refractivity contribution is 0.0972. The molecule has 2 unspecified atom stereocenters. The fraction of sp³-hybridized carbons (Fsp3) is 0.533. The van der Waals surface area contributed by atoms with E-state index in [-0.39, 0.29) is 11.9 Å². The number of nitrogens with zero attached hydrogens (tertiary/aromatic N) is 1. The zero-order valence-corrected chi connectivity index (χ0v) is 11.8. The summed E-state index contributed by atoms with van der Waals surface area (Å²) in [5.41, 5.74) is 11.9. The number of hydrogen-bond acceptors (Lipinski definition) is 3. The van der Waals surface area contributed by atoms with Crippen LogP contribution in [0.15, 0.2) is 18.2 Å². The van der Waals surface area contributed by atoms with Crippen molar-refractivity contribution < 1.29 is 9.18 Å². The molecular weight excluding hydrogens is 257 g/mol. The Morgan fingerprint density at radius 3 is 2.90 bits per heavy atom. The zero-order chi connectivity index (χ0) is 14.7. The Balaban J connectivity index is 2.19. The molecule has 1 saturated heterocycles. The first kappa shape index (κ1) is 14.9. The van der Waals surface area contributed by atoms with Crippen LogP contribution in [-0.2, 0) is 6.54 Å². The van der Waals surface area contributed by atoms with Crippen molar-refractivity contribution in [3.63, 3.8) is 0 Å². The Hall–Kier alpha value is -1.46. The second-order valence-corrected chi connectivity index (χ2v) is 5.56. The standard InChI is InChI=1S/C15H22FN3O/c1-10-3-2-6-19(14(10)8-17)9-12-7-11(15(18)20)4-5-13(12)16/h4-5,7,10,14H,2-3,6,8-9,17H2,1H3,(H2,18,20). The minimum absolute atomic E-state index is 0.264. The molecule has 1 aromatic carbocycles. The quantitative estimate of drug-likeness (QED) is 0.877. The number of piperidine rings is 1. The first-order chi connectivity index (χ1) is 9.52. The third-order valence-corrected chi connectivity index (χ3v) is 4.18. The molecule has 0 radical (unpaired) electrons. The van der Waals surface area contributed by atoms with Crippen LogP contribution in [0.25, 0.3) is 0 Å². The van der Waals surface area contributed by atoms with Gasteiger partial charge in [0.15, 0.2) is 0 Å². The number of carbonyl (C=O) groups is 1. The number of nitrogens with two attached hydrogens (primary N) is 2. The van der Waals surface area contributed by atoms with Gasteiger partial charge in [-0.2, -0.15) is 0 Å². The predicted molar refractivity (Wildman–Crippen MR) is 76.6 cm³/mol. The molecule has 1 aliphatic rings. The molecule has 1 amide bonds. The van der Waals surface area contributed by atoms with Gasteiger partial charge in [-0.3, -0.25) is 9.69 Å². The maximum Gasteiger partial charge on any atom is 0.248 e. The van der Waals surface area contributed by atoms with Crippen LogP contribution in [0, 0.1) is 11.7 Å². The minimum atomic E-state index is -0.534. The number of primary amides is 1. The summed E-state index contributed by atoms with van der Waals surface area (Å²) in [5, 5.41) is 0. The Kier molecular flexibility index (Phi) is 4.73. The minimum Gasteiger partial charge on any atom is -0.366 e. The molecule has 1 aromatic rings. The highest BCUT2D eigenvalue weighted by Crippen LogP contribution is 2.25. The van der Waals surface area contributed by atoms with Crippen LogP contribution >= 0.6 is 0 Å². The SMILES string of the molecule is CC1CCCN(Cc2cc(C(N)=O)ccc2F)C1CN. The van der Waals surface area contributed by atoms with Gasteiger partial charge in [-0.1, -0.05) is 6.92 Å². The monoisotopic (exact) mass is 279 g/mol. The average Bonchev–Trinajstić information content (AvgIpc) is 2.41. The van der Waals surface area contributed by atoms with Gasteiger partial charge in [-0.05, 0) is 43.5 Å². The summed E-state index contributed by atoms with van der Waals surface area (Å²) in [6.07, 6.45) is 2.25. The lowest BCUT2D eigenvalue weighted by Gasteiger charge is -2.39. The number of carbonyl (C=O) groups excluding carboxylic acids is 1. The van der Waals surface area contributed by atoms with Crippen molar-refractivity contribution >= 4 is 5.91 Å². The smallest absolute Gasteiger partial charge is 0.248 e. The lowest BCUT2D eigenvalue weighted by Crippen LogP contribution is -2.48. The molecule has 0 saturated carbocycles. The molecule has 1 aliphatic heterocycles. The highest BCUT2D eigenvalue weighted by atomic mass is 19.1. The Morgan fingerprint density at radius 2 is 2.25 bits per heavy atom. The molecule has 0 aromatic heterocycles. The molecule has 2 atom stereocenters. The Labute approximate surface area is 118 Å². The van der Waals surface area contributed by atoms with E-state index in [1.165, 1.54) is 12.1 Å². The van der Waals surface area contributed by atoms with Crippen molar-refractivity contribution in [3.8, 4) is 0 Å². The van der Waals surface area contributed by atoms with Crippen LogP contribution in [0.5, 0.6) is 0 Å². The predicted octanol–water partition coefficient (Wildman–Crippen LogP) is 1.48. The van der Waals surface area contributed by atoms with Crippen molar-refractivity contribution in [1.82, 2.24) is 4.90 Å². The fourth-order valence-electron chi connectivity index (χ4n) is 2.98. The van der Waals surface area contributed by atoms with Crippen LogP contribution in [0.1, 0.15) is 35.7 Å². The van der Waals surface area contributed by atoms with Gasteiger partial charge in [0.1, 0.15) is 5.82 Å². The average molecular weight is 279 g/mol. The number of halogens is 1. The molecule has 110 valence electrons. The van der Waals surface area contributed by atoms with E-state index in [1.807, 2.05) is 0 Å². The summed E-state index contributed by atoms with van der Waals surface area (Å²) in [5.74, 6) is -0.325. The number of amides is 1.